The first-order chi connectivity index (χ1) is 9.51. The van der Waals surface area contributed by atoms with Gasteiger partial charge in [0.15, 0.2) is 0 Å². The molecular weight excluding hydrogens is 258 g/mol. The number of nitrogens with zero attached hydrogens (tertiary/aromatic N) is 2. The van der Waals surface area contributed by atoms with Gasteiger partial charge in [-0.3, -0.25) is 14.9 Å². The Morgan fingerprint density at radius 1 is 1.40 bits per heavy atom. The van der Waals surface area contributed by atoms with E-state index in [0.717, 1.165) is 18.4 Å². The number of nitrogens with one attached hydrogen (secondary N) is 2. The molecule has 4 N–H and O–H groups in total. The van der Waals surface area contributed by atoms with Crippen LogP contribution in [0, 0.1) is 6.92 Å². The van der Waals surface area contributed by atoms with E-state index in [1.54, 1.807) is 6.92 Å². The molecule has 0 aromatic carbocycles. The second kappa shape index (κ2) is 5.85. The smallest absolute Gasteiger partial charge is 0.249 e. The predicted molar refractivity (Wildman–Crippen MR) is 75.0 cm³/mol. The van der Waals surface area contributed by atoms with E-state index >= 15 is 0 Å². The first kappa shape index (κ1) is 14.2. The molecule has 1 saturated heterocycles. The van der Waals surface area contributed by atoms with E-state index in [1.165, 1.54) is 0 Å². The van der Waals surface area contributed by atoms with Gasteiger partial charge in [-0.05, 0) is 19.8 Å². The fourth-order valence-electron chi connectivity index (χ4n) is 2.05. The Balaban J connectivity index is 2.19. The summed E-state index contributed by atoms with van der Waals surface area (Å²) in [4.78, 5) is 31.5. The Morgan fingerprint density at radius 2 is 2.15 bits per heavy atom. The molecule has 7 heteroatoms. The molecule has 2 amide bonds. The minimum atomic E-state index is -0.463. The minimum Gasteiger partial charge on any atom is -0.383 e. The van der Waals surface area contributed by atoms with E-state index in [0.29, 0.717) is 30.3 Å². The second-order valence-electron chi connectivity index (χ2n) is 4.90. The van der Waals surface area contributed by atoms with Crippen molar-refractivity contribution >= 4 is 23.5 Å². The van der Waals surface area contributed by atoms with Crippen molar-refractivity contribution in [2.75, 3.05) is 11.1 Å². The van der Waals surface area contributed by atoms with Gasteiger partial charge in [0.1, 0.15) is 23.5 Å². The lowest BCUT2D eigenvalue weighted by Crippen LogP contribution is -2.47. The van der Waals surface area contributed by atoms with Gasteiger partial charge in [0.25, 0.3) is 0 Å². The van der Waals surface area contributed by atoms with Gasteiger partial charge in [-0.15, -0.1) is 0 Å². The summed E-state index contributed by atoms with van der Waals surface area (Å²) < 4.78 is 0. The second-order valence-corrected chi connectivity index (χ2v) is 4.90. The molecular formula is C13H19N5O2. The number of imide groups is 1. The third-order valence-corrected chi connectivity index (χ3v) is 3.25. The Bertz CT molecular complexity index is 544. The van der Waals surface area contributed by atoms with Crippen molar-refractivity contribution in [3.63, 3.8) is 0 Å². The number of rotatable bonds is 4. The largest absolute Gasteiger partial charge is 0.383 e. The quantitative estimate of drug-likeness (QED) is 0.693. The van der Waals surface area contributed by atoms with Crippen LogP contribution in [0.4, 0.5) is 11.6 Å². The summed E-state index contributed by atoms with van der Waals surface area (Å²) in [6.07, 6.45) is 2.43. The van der Waals surface area contributed by atoms with Crippen LogP contribution in [0.1, 0.15) is 37.6 Å². The lowest BCUT2D eigenvalue weighted by atomic mass is 10.1. The van der Waals surface area contributed by atoms with Crippen LogP contribution in [0.15, 0.2) is 0 Å². The standard InChI is InChI=1S/C13H19N5O2/c1-3-4-9-16-11(14)7(2)12(17-9)15-8-5-6-10(19)18-13(8)20/h8H,3-6H2,1-2H3,(H,18,19,20)(H3,14,15,16,17). The number of nitrogens with two attached hydrogens (primary N) is 1. The zero-order valence-corrected chi connectivity index (χ0v) is 11.7. The van der Waals surface area contributed by atoms with Gasteiger partial charge in [0.2, 0.25) is 11.8 Å². The van der Waals surface area contributed by atoms with Crippen LogP contribution in [0.25, 0.3) is 0 Å². The predicted octanol–water partition coefficient (Wildman–Crippen LogP) is 0.537. The average Bonchev–Trinajstić information content (AvgIpc) is 2.39. The van der Waals surface area contributed by atoms with Crippen molar-refractivity contribution in [1.29, 1.82) is 0 Å². The zero-order valence-electron chi connectivity index (χ0n) is 11.7. The van der Waals surface area contributed by atoms with Gasteiger partial charge >= 0.3 is 0 Å². The number of aryl methyl sites for hydroxylation is 1. The SMILES string of the molecule is CCCc1nc(N)c(C)c(NC2CCC(=O)NC2=O)n1. The van der Waals surface area contributed by atoms with Crippen molar-refractivity contribution in [3.8, 4) is 0 Å². The van der Waals surface area contributed by atoms with Gasteiger partial charge in [0, 0.05) is 18.4 Å². The van der Waals surface area contributed by atoms with E-state index in [1.807, 2.05) is 6.92 Å². The Labute approximate surface area is 117 Å². The number of anilines is 2. The third kappa shape index (κ3) is 3.04. The summed E-state index contributed by atoms with van der Waals surface area (Å²) in [6.45, 7) is 3.84. The number of carbonyl (C=O) groups is 2. The Morgan fingerprint density at radius 3 is 2.80 bits per heavy atom. The third-order valence-electron chi connectivity index (χ3n) is 3.25. The molecule has 0 radical (unpaired) electrons. The van der Waals surface area contributed by atoms with Crippen LogP contribution >= 0.6 is 0 Å². The summed E-state index contributed by atoms with van der Waals surface area (Å²) >= 11 is 0. The molecule has 1 atom stereocenters. The maximum Gasteiger partial charge on any atom is 0.249 e. The monoisotopic (exact) mass is 277 g/mol. The first-order valence-corrected chi connectivity index (χ1v) is 6.74. The number of piperidine rings is 1. The highest BCUT2D eigenvalue weighted by Gasteiger charge is 2.27. The molecule has 0 aliphatic carbocycles. The van der Waals surface area contributed by atoms with E-state index in [4.69, 9.17) is 5.73 Å². The first-order valence-electron chi connectivity index (χ1n) is 6.74. The van der Waals surface area contributed by atoms with Crippen LogP contribution in [-0.2, 0) is 16.0 Å². The fraction of sp³-hybridized carbons (Fsp3) is 0.538. The van der Waals surface area contributed by atoms with Crippen LogP contribution in [-0.4, -0.2) is 27.8 Å². The van der Waals surface area contributed by atoms with Crippen LogP contribution in [0.5, 0.6) is 0 Å². The van der Waals surface area contributed by atoms with Gasteiger partial charge in [-0.25, -0.2) is 9.97 Å². The Kier molecular flexibility index (Phi) is 4.16. The van der Waals surface area contributed by atoms with Gasteiger partial charge in [-0.1, -0.05) is 6.92 Å². The van der Waals surface area contributed by atoms with E-state index in [2.05, 4.69) is 20.6 Å². The van der Waals surface area contributed by atoms with E-state index < -0.39 is 6.04 Å². The van der Waals surface area contributed by atoms with E-state index in [9.17, 15) is 9.59 Å². The highest BCUT2D eigenvalue weighted by Crippen LogP contribution is 2.20. The van der Waals surface area contributed by atoms with Gasteiger partial charge in [-0.2, -0.15) is 0 Å². The van der Waals surface area contributed by atoms with Crippen molar-refractivity contribution in [2.45, 2.75) is 45.6 Å². The topological polar surface area (TPSA) is 110 Å². The van der Waals surface area contributed by atoms with Gasteiger partial charge in [0.05, 0.1) is 0 Å². The van der Waals surface area contributed by atoms with Gasteiger partial charge < -0.3 is 11.1 Å². The van der Waals surface area contributed by atoms with Crippen molar-refractivity contribution in [2.24, 2.45) is 0 Å². The lowest BCUT2D eigenvalue weighted by Gasteiger charge is -2.23. The molecule has 7 nitrogen and oxygen atoms in total. The molecule has 2 rings (SSSR count). The molecule has 1 fully saturated rings. The van der Waals surface area contributed by atoms with Crippen molar-refractivity contribution < 1.29 is 9.59 Å². The van der Waals surface area contributed by atoms with Crippen LogP contribution in [0.2, 0.25) is 0 Å². The average molecular weight is 277 g/mol. The number of amides is 2. The molecule has 1 aromatic heterocycles. The molecule has 2 heterocycles. The highest BCUT2D eigenvalue weighted by atomic mass is 16.2. The van der Waals surface area contributed by atoms with Crippen LogP contribution < -0.4 is 16.4 Å². The molecule has 1 aliphatic heterocycles. The van der Waals surface area contributed by atoms with Crippen molar-refractivity contribution in [1.82, 2.24) is 15.3 Å². The molecule has 20 heavy (non-hydrogen) atoms. The minimum absolute atomic E-state index is 0.237. The molecule has 0 bridgehead atoms. The highest BCUT2D eigenvalue weighted by molar-refractivity contribution is 6.01. The van der Waals surface area contributed by atoms with Crippen molar-refractivity contribution in [3.05, 3.63) is 11.4 Å². The Hall–Kier alpha value is -2.18. The molecule has 108 valence electrons. The maximum absolute atomic E-state index is 11.7. The lowest BCUT2D eigenvalue weighted by molar-refractivity contribution is -0.133. The number of nitrogen functional groups attached to an aromatic ring is 1. The number of hydrogen-bond donors (Lipinski definition) is 3. The molecule has 1 aliphatic rings. The number of carbonyl (C=O) groups excluding carboxylic acids is 2. The van der Waals surface area contributed by atoms with Crippen LogP contribution in [0.3, 0.4) is 0 Å². The summed E-state index contributed by atoms with van der Waals surface area (Å²) in [5.74, 6) is 1.08. The molecule has 0 spiro atoms. The molecule has 1 unspecified atom stereocenters. The van der Waals surface area contributed by atoms with E-state index in [-0.39, 0.29) is 11.8 Å². The molecule has 1 aromatic rings. The maximum atomic E-state index is 11.7. The molecule has 0 saturated carbocycles. The fourth-order valence-corrected chi connectivity index (χ4v) is 2.05. The zero-order chi connectivity index (χ0) is 14.7. The summed E-state index contributed by atoms with van der Waals surface area (Å²) in [6, 6.07) is -0.463. The number of hydrogen-bond acceptors (Lipinski definition) is 6. The normalized spacial score (nSPS) is 18.8. The summed E-state index contributed by atoms with van der Waals surface area (Å²) in [5.41, 5.74) is 6.58. The summed E-state index contributed by atoms with van der Waals surface area (Å²) in [7, 11) is 0. The number of aromatic nitrogens is 2. The summed E-state index contributed by atoms with van der Waals surface area (Å²) in [5, 5.41) is 5.37.